The van der Waals surface area contributed by atoms with Crippen molar-refractivity contribution in [1.29, 1.82) is 0 Å². The number of hydrogen-bond acceptors (Lipinski definition) is 4. The number of aryl methyl sites for hydroxylation is 1. The van der Waals surface area contributed by atoms with Crippen molar-refractivity contribution >= 4 is 11.6 Å². The Morgan fingerprint density at radius 2 is 2.19 bits per heavy atom. The van der Waals surface area contributed by atoms with Crippen LogP contribution in [0.1, 0.15) is 15.9 Å². The number of hydrogen-bond donors (Lipinski definition) is 1. The third-order valence-electron chi connectivity index (χ3n) is 2.20. The van der Waals surface area contributed by atoms with Gasteiger partial charge in [-0.3, -0.25) is 14.5 Å². The molecule has 0 atom stereocenters. The van der Waals surface area contributed by atoms with Gasteiger partial charge in [0, 0.05) is 18.8 Å². The number of nitrogen functional groups attached to an aromatic ring is 1. The van der Waals surface area contributed by atoms with E-state index in [9.17, 15) is 9.18 Å². The molecule has 0 radical (unpaired) electrons. The van der Waals surface area contributed by atoms with Gasteiger partial charge in [0.15, 0.2) is 5.78 Å². The van der Waals surface area contributed by atoms with E-state index in [1.165, 1.54) is 17.1 Å². The Morgan fingerprint density at radius 3 is 2.75 bits per heavy atom. The fourth-order valence-electron chi connectivity index (χ4n) is 1.31. The Bertz CT molecular complexity index is 550. The largest absolute Gasteiger partial charge is 0.383 e. The summed E-state index contributed by atoms with van der Waals surface area (Å²) >= 11 is 0. The fraction of sp³-hybridized carbons (Fsp3) is 0.100. The summed E-state index contributed by atoms with van der Waals surface area (Å²) in [5, 5.41) is 3.84. The van der Waals surface area contributed by atoms with Gasteiger partial charge in [-0.25, -0.2) is 4.39 Å². The molecular formula is C10H9FN4O. The van der Waals surface area contributed by atoms with Gasteiger partial charge in [0.25, 0.3) is 0 Å². The summed E-state index contributed by atoms with van der Waals surface area (Å²) in [5.41, 5.74) is 6.04. The van der Waals surface area contributed by atoms with E-state index in [4.69, 9.17) is 5.73 Å². The number of anilines is 1. The second kappa shape index (κ2) is 3.73. The van der Waals surface area contributed by atoms with Gasteiger partial charge in [0.1, 0.15) is 11.6 Å². The normalized spacial score (nSPS) is 10.4. The molecule has 2 heterocycles. The lowest BCUT2D eigenvalue weighted by atomic mass is 10.1. The van der Waals surface area contributed by atoms with Crippen molar-refractivity contribution in [2.24, 2.45) is 7.05 Å². The highest BCUT2D eigenvalue weighted by atomic mass is 19.1. The van der Waals surface area contributed by atoms with Crippen molar-refractivity contribution in [3.63, 3.8) is 0 Å². The van der Waals surface area contributed by atoms with Crippen LogP contribution in [-0.4, -0.2) is 20.5 Å². The third kappa shape index (κ3) is 1.65. The van der Waals surface area contributed by atoms with Crippen molar-refractivity contribution in [3.05, 3.63) is 41.6 Å². The summed E-state index contributed by atoms with van der Waals surface area (Å²) in [6, 6.07) is 1.11. The zero-order valence-electron chi connectivity index (χ0n) is 8.51. The van der Waals surface area contributed by atoms with Crippen LogP contribution < -0.4 is 5.73 Å². The van der Waals surface area contributed by atoms with Crippen LogP contribution in [0.4, 0.5) is 10.2 Å². The van der Waals surface area contributed by atoms with Gasteiger partial charge in [-0.2, -0.15) is 5.10 Å². The van der Waals surface area contributed by atoms with Gasteiger partial charge < -0.3 is 5.73 Å². The molecule has 82 valence electrons. The molecule has 2 aromatic heterocycles. The number of halogens is 1. The van der Waals surface area contributed by atoms with Crippen molar-refractivity contribution in [3.8, 4) is 0 Å². The lowest BCUT2D eigenvalue weighted by molar-refractivity contribution is 0.103. The summed E-state index contributed by atoms with van der Waals surface area (Å²) in [5.74, 6) is -0.708. The predicted molar refractivity (Wildman–Crippen MR) is 55.2 cm³/mol. The van der Waals surface area contributed by atoms with Crippen molar-refractivity contribution in [1.82, 2.24) is 14.8 Å². The molecule has 0 fully saturated rings. The van der Waals surface area contributed by atoms with E-state index in [0.717, 1.165) is 12.3 Å². The lowest BCUT2D eigenvalue weighted by Gasteiger charge is -2.00. The maximum atomic E-state index is 12.9. The van der Waals surface area contributed by atoms with Crippen LogP contribution in [0.2, 0.25) is 0 Å². The second-order valence-electron chi connectivity index (χ2n) is 3.29. The van der Waals surface area contributed by atoms with E-state index >= 15 is 0 Å². The highest BCUT2D eigenvalue weighted by Gasteiger charge is 2.16. The number of rotatable bonds is 2. The number of nitrogens with two attached hydrogens (primary N) is 1. The molecule has 0 saturated carbocycles. The molecule has 0 aromatic carbocycles. The maximum absolute atomic E-state index is 12.9. The fourth-order valence-corrected chi connectivity index (χ4v) is 1.31. The number of carbonyl (C=O) groups excluding carboxylic acids is 1. The minimum atomic E-state index is -0.562. The highest BCUT2D eigenvalue weighted by molar-refractivity contribution is 6.11. The molecular weight excluding hydrogens is 211 g/mol. The Labute approximate surface area is 90.7 Å². The highest BCUT2D eigenvalue weighted by Crippen LogP contribution is 2.15. The first kappa shape index (κ1) is 10.3. The Hall–Kier alpha value is -2.24. The standard InChI is InChI=1S/C10H9FN4O/c1-15-10(12)8(5-14-15)9(16)6-2-7(11)4-13-3-6/h2-5H,12H2,1H3. The molecule has 2 rings (SSSR count). The third-order valence-corrected chi connectivity index (χ3v) is 2.20. The van der Waals surface area contributed by atoms with Gasteiger partial charge in [0.05, 0.1) is 18.0 Å². The first-order chi connectivity index (χ1) is 7.59. The average molecular weight is 220 g/mol. The summed E-state index contributed by atoms with van der Waals surface area (Å²) in [6.45, 7) is 0. The molecule has 0 bridgehead atoms. The smallest absolute Gasteiger partial charge is 0.200 e. The zero-order chi connectivity index (χ0) is 11.7. The van der Waals surface area contributed by atoms with E-state index in [-0.39, 0.29) is 16.9 Å². The molecule has 0 unspecified atom stereocenters. The minimum Gasteiger partial charge on any atom is -0.383 e. The van der Waals surface area contributed by atoms with E-state index in [0.29, 0.717) is 0 Å². The lowest BCUT2D eigenvalue weighted by Crippen LogP contribution is -2.06. The molecule has 0 amide bonds. The van der Waals surface area contributed by atoms with Gasteiger partial charge in [-0.1, -0.05) is 0 Å². The maximum Gasteiger partial charge on any atom is 0.200 e. The van der Waals surface area contributed by atoms with Gasteiger partial charge in [-0.05, 0) is 6.07 Å². The first-order valence-corrected chi connectivity index (χ1v) is 4.52. The first-order valence-electron chi connectivity index (χ1n) is 4.52. The summed E-state index contributed by atoms with van der Waals surface area (Å²) < 4.78 is 14.3. The van der Waals surface area contributed by atoms with Crippen molar-refractivity contribution in [2.45, 2.75) is 0 Å². The molecule has 2 aromatic rings. The van der Waals surface area contributed by atoms with Crippen LogP contribution in [0.25, 0.3) is 0 Å². The minimum absolute atomic E-state index is 0.153. The summed E-state index contributed by atoms with van der Waals surface area (Å²) in [7, 11) is 1.62. The predicted octanol–water partition coefficient (Wildman–Crippen LogP) is 0.767. The van der Waals surface area contributed by atoms with Crippen LogP contribution in [0.3, 0.4) is 0 Å². The molecule has 0 saturated heterocycles. The summed E-state index contributed by atoms with van der Waals surface area (Å²) in [6.07, 6.45) is 3.67. The topological polar surface area (TPSA) is 73.8 Å². The Balaban J connectivity index is 2.43. The molecule has 6 heteroatoms. The molecule has 0 aliphatic carbocycles. The second-order valence-corrected chi connectivity index (χ2v) is 3.29. The van der Waals surface area contributed by atoms with Crippen LogP contribution in [-0.2, 0) is 7.05 Å². The Morgan fingerprint density at radius 1 is 1.44 bits per heavy atom. The zero-order valence-corrected chi connectivity index (χ0v) is 8.51. The van der Waals surface area contributed by atoms with Gasteiger partial charge in [-0.15, -0.1) is 0 Å². The average Bonchev–Trinajstić information content (AvgIpc) is 2.59. The van der Waals surface area contributed by atoms with Gasteiger partial charge in [0.2, 0.25) is 0 Å². The quantitative estimate of drug-likeness (QED) is 0.758. The SMILES string of the molecule is Cn1ncc(C(=O)c2cncc(F)c2)c1N. The van der Waals surface area contributed by atoms with Crippen LogP contribution >= 0.6 is 0 Å². The molecule has 16 heavy (non-hydrogen) atoms. The van der Waals surface area contributed by atoms with Crippen LogP contribution in [0.15, 0.2) is 24.7 Å². The molecule has 0 aliphatic heterocycles. The van der Waals surface area contributed by atoms with E-state index in [2.05, 4.69) is 10.1 Å². The molecule has 5 nitrogen and oxygen atoms in total. The number of carbonyl (C=O) groups is 1. The van der Waals surface area contributed by atoms with E-state index in [1.54, 1.807) is 7.05 Å². The number of pyridine rings is 1. The number of nitrogens with zero attached hydrogens (tertiary/aromatic N) is 3. The Kier molecular flexibility index (Phi) is 2.40. The van der Waals surface area contributed by atoms with E-state index < -0.39 is 11.6 Å². The van der Waals surface area contributed by atoms with Crippen LogP contribution in [0.5, 0.6) is 0 Å². The van der Waals surface area contributed by atoms with Gasteiger partial charge >= 0.3 is 0 Å². The van der Waals surface area contributed by atoms with Crippen molar-refractivity contribution in [2.75, 3.05) is 5.73 Å². The molecule has 0 spiro atoms. The molecule has 0 aliphatic rings. The number of ketones is 1. The van der Waals surface area contributed by atoms with Crippen LogP contribution in [0, 0.1) is 5.82 Å². The monoisotopic (exact) mass is 220 g/mol. The summed E-state index contributed by atoms with van der Waals surface area (Å²) in [4.78, 5) is 15.5. The molecule has 2 N–H and O–H groups in total. The van der Waals surface area contributed by atoms with Crippen molar-refractivity contribution < 1.29 is 9.18 Å². The van der Waals surface area contributed by atoms with E-state index in [1.807, 2.05) is 0 Å². The number of aromatic nitrogens is 3.